The van der Waals surface area contributed by atoms with Crippen LogP contribution in [0.1, 0.15) is 36.9 Å². The minimum absolute atomic E-state index is 0.378. The van der Waals surface area contributed by atoms with Gasteiger partial charge in [0.05, 0.1) is 0 Å². The van der Waals surface area contributed by atoms with Crippen LogP contribution in [0.15, 0.2) is 18.3 Å². The van der Waals surface area contributed by atoms with Crippen LogP contribution in [-0.4, -0.2) is 23.7 Å². The Morgan fingerprint density at radius 3 is 2.94 bits per heavy atom. The minimum Gasteiger partial charge on any atom is -0.306 e. The molecule has 0 radical (unpaired) electrons. The highest BCUT2D eigenvalue weighted by Crippen LogP contribution is 2.39. The largest absolute Gasteiger partial charge is 0.404 e. The van der Waals surface area contributed by atoms with Gasteiger partial charge in [-0.3, -0.25) is 4.98 Å². The molecule has 18 heavy (non-hydrogen) atoms. The van der Waals surface area contributed by atoms with Gasteiger partial charge in [-0.15, -0.1) is 0 Å². The third kappa shape index (κ3) is 2.66. The molecule has 1 aliphatic carbocycles. The summed E-state index contributed by atoms with van der Waals surface area (Å²) in [7, 11) is 0. The van der Waals surface area contributed by atoms with Gasteiger partial charge in [0.15, 0.2) is 0 Å². The van der Waals surface area contributed by atoms with Crippen molar-refractivity contribution < 1.29 is 13.2 Å². The predicted molar refractivity (Wildman–Crippen MR) is 63.4 cm³/mol. The Kier molecular flexibility index (Phi) is 3.90. The van der Waals surface area contributed by atoms with Crippen molar-refractivity contribution in [3.63, 3.8) is 0 Å². The SMILES string of the molecule is CCCNC(C1CCc2cccnc21)C(F)(F)F. The summed E-state index contributed by atoms with van der Waals surface area (Å²) < 4.78 is 39.3. The first-order chi connectivity index (χ1) is 8.54. The third-order valence-corrected chi connectivity index (χ3v) is 3.37. The van der Waals surface area contributed by atoms with Crippen LogP contribution in [0.4, 0.5) is 13.2 Å². The van der Waals surface area contributed by atoms with E-state index in [1.807, 2.05) is 13.0 Å². The molecule has 0 aromatic carbocycles. The number of alkyl halides is 3. The lowest BCUT2D eigenvalue weighted by Gasteiger charge is -2.27. The highest BCUT2D eigenvalue weighted by atomic mass is 19.4. The van der Waals surface area contributed by atoms with Crippen LogP contribution < -0.4 is 5.32 Å². The zero-order valence-electron chi connectivity index (χ0n) is 10.3. The second-order valence-electron chi connectivity index (χ2n) is 4.67. The molecule has 2 atom stereocenters. The zero-order chi connectivity index (χ0) is 13.2. The summed E-state index contributed by atoms with van der Waals surface area (Å²) in [5, 5.41) is 2.63. The van der Waals surface area contributed by atoms with E-state index >= 15 is 0 Å². The van der Waals surface area contributed by atoms with Crippen molar-refractivity contribution in [3.8, 4) is 0 Å². The summed E-state index contributed by atoms with van der Waals surface area (Å²) in [6, 6.07) is 2.17. The van der Waals surface area contributed by atoms with Crippen molar-refractivity contribution in [2.45, 2.75) is 44.3 Å². The van der Waals surface area contributed by atoms with Crippen molar-refractivity contribution in [1.82, 2.24) is 10.3 Å². The maximum atomic E-state index is 13.1. The number of hydrogen-bond donors (Lipinski definition) is 1. The lowest BCUT2D eigenvalue weighted by molar-refractivity contribution is -0.161. The maximum absolute atomic E-state index is 13.1. The van der Waals surface area contributed by atoms with Gasteiger partial charge in [0.25, 0.3) is 0 Å². The van der Waals surface area contributed by atoms with E-state index in [-0.39, 0.29) is 0 Å². The topological polar surface area (TPSA) is 24.9 Å². The van der Waals surface area contributed by atoms with E-state index in [0.29, 0.717) is 31.5 Å². The van der Waals surface area contributed by atoms with Crippen LogP contribution in [0.2, 0.25) is 0 Å². The van der Waals surface area contributed by atoms with Crippen molar-refractivity contribution in [2.75, 3.05) is 6.54 Å². The molecule has 1 aromatic rings. The molecule has 0 spiro atoms. The Balaban J connectivity index is 2.22. The molecule has 2 rings (SSSR count). The van der Waals surface area contributed by atoms with Crippen LogP contribution in [0, 0.1) is 0 Å². The first kappa shape index (κ1) is 13.3. The smallest absolute Gasteiger partial charge is 0.306 e. The fourth-order valence-corrected chi connectivity index (χ4v) is 2.55. The van der Waals surface area contributed by atoms with Crippen LogP contribution in [0.25, 0.3) is 0 Å². The summed E-state index contributed by atoms with van der Waals surface area (Å²) in [5.41, 5.74) is 1.57. The first-order valence-electron chi connectivity index (χ1n) is 6.28. The molecule has 5 heteroatoms. The van der Waals surface area contributed by atoms with E-state index in [1.165, 1.54) is 0 Å². The van der Waals surface area contributed by atoms with Gasteiger partial charge in [-0.1, -0.05) is 13.0 Å². The molecule has 0 aliphatic heterocycles. The normalized spacial score (nSPS) is 20.8. The van der Waals surface area contributed by atoms with Crippen molar-refractivity contribution in [1.29, 1.82) is 0 Å². The zero-order valence-corrected chi connectivity index (χ0v) is 10.3. The van der Waals surface area contributed by atoms with Gasteiger partial charge in [-0.25, -0.2) is 0 Å². The van der Waals surface area contributed by atoms with Gasteiger partial charge in [0.1, 0.15) is 6.04 Å². The van der Waals surface area contributed by atoms with Crippen LogP contribution >= 0.6 is 0 Å². The van der Waals surface area contributed by atoms with E-state index in [0.717, 1.165) is 5.56 Å². The fraction of sp³-hybridized carbons (Fsp3) is 0.615. The number of fused-ring (bicyclic) bond motifs is 1. The Hall–Kier alpha value is -1.10. The number of aryl methyl sites for hydroxylation is 1. The Labute approximate surface area is 105 Å². The van der Waals surface area contributed by atoms with Crippen LogP contribution in [0.3, 0.4) is 0 Å². The van der Waals surface area contributed by atoms with Gasteiger partial charge >= 0.3 is 6.18 Å². The van der Waals surface area contributed by atoms with Gasteiger partial charge in [0, 0.05) is 17.8 Å². The highest BCUT2D eigenvalue weighted by Gasteiger charge is 2.47. The standard InChI is InChI=1S/C13H17F3N2/c1-2-7-18-12(13(14,15)16)10-6-5-9-4-3-8-17-11(9)10/h3-4,8,10,12,18H,2,5-7H2,1H3. The number of pyridine rings is 1. The van der Waals surface area contributed by atoms with Gasteiger partial charge in [0.2, 0.25) is 0 Å². The van der Waals surface area contributed by atoms with E-state index in [4.69, 9.17) is 0 Å². The number of hydrogen-bond acceptors (Lipinski definition) is 2. The van der Waals surface area contributed by atoms with Gasteiger partial charge in [-0.05, 0) is 37.4 Å². The predicted octanol–water partition coefficient (Wildman–Crippen LogP) is 3.04. The average Bonchev–Trinajstić information content (AvgIpc) is 2.72. The van der Waals surface area contributed by atoms with Gasteiger partial charge in [-0.2, -0.15) is 13.2 Å². The summed E-state index contributed by atoms with van der Waals surface area (Å²) in [4.78, 5) is 4.14. The molecule has 1 aliphatic rings. The number of nitrogens with one attached hydrogen (secondary N) is 1. The van der Waals surface area contributed by atoms with Crippen LogP contribution in [-0.2, 0) is 6.42 Å². The molecule has 1 heterocycles. The first-order valence-corrected chi connectivity index (χ1v) is 6.28. The molecule has 100 valence electrons. The van der Waals surface area contributed by atoms with Crippen LogP contribution in [0.5, 0.6) is 0 Å². The molecule has 0 bridgehead atoms. The lowest BCUT2D eigenvalue weighted by Crippen LogP contribution is -2.46. The molecule has 1 N–H and O–H groups in total. The molecule has 0 amide bonds. The minimum atomic E-state index is -4.22. The maximum Gasteiger partial charge on any atom is 0.404 e. The van der Waals surface area contributed by atoms with Crippen molar-refractivity contribution in [2.24, 2.45) is 0 Å². The molecule has 2 nitrogen and oxygen atoms in total. The van der Waals surface area contributed by atoms with Crippen molar-refractivity contribution in [3.05, 3.63) is 29.6 Å². The summed E-state index contributed by atoms with van der Waals surface area (Å²) >= 11 is 0. The third-order valence-electron chi connectivity index (χ3n) is 3.37. The molecule has 0 saturated carbocycles. The Morgan fingerprint density at radius 2 is 2.28 bits per heavy atom. The summed E-state index contributed by atoms with van der Waals surface area (Å²) in [6.45, 7) is 2.24. The quantitative estimate of drug-likeness (QED) is 0.898. The van der Waals surface area contributed by atoms with E-state index in [2.05, 4.69) is 10.3 Å². The van der Waals surface area contributed by atoms with E-state index in [9.17, 15) is 13.2 Å². The summed E-state index contributed by atoms with van der Waals surface area (Å²) in [6.07, 6.45) is -0.751. The van der Waals surface area contributed by atoms with E-state index < -0.39 is 18.1 Å². The molecule has 2 unspecified atom stereocenters. The van der Waals surface area contributed by atoms with Gasteiger partial charge < -0.3 is 5.32 Å². The molecule has 0 fully saturated rings. The summed E-state index contributed by atoms with van der Waals surface area (Å²) in [5.74, 6) is -0.548. The lowest BCUT2D eigenvalue weighted by atomic mass is 9.96. The average molecular weight is 258 g/mol. The second-order valence-corrected chi connectivity index (χ2v) is 4.67. The molecule has 0 saturated heterocycles. The Bertz CT molecular complexity index is 403. The van der Waals surface area contributed by atoms with E-state index in [1.54, 1.807) is 12.3 Å². The molecular formula is C13H17F3N2. The fourth-order valence-electron chi connectivity index (χ4n) is 2.55. The highest BCUT2D eigenvalue weighted by molar-refractivity contribution is 5.30. The molecular weight excluding hydrogens is 241 g/mol. The molecule has 1 aromatic heterocycles. The number of halogens is 3. The monoisotopic (exact) mass is 258 g/mol. The van der Waals surface area contributed by atoms with Crippen molar-refractivity contribution >= 4 is 0 Å². The second kappa shape index (κ2) is 5.26. The number of nitrogens with zero attached hydrogens (tertiary/aromatic N) is 1. The number of aromatic nitrogens is 1. The Morgan fingerprint density at radius 1 is 1.50 bits per heavy atom. The number of rotatable bonds is 4.